The molecule has 3 rings (SSSR count). The van der Waals surface area contributed by atoms with Crippen molar-refractivity contribution < 1.29 is 19.5 Å². The maximum absolute atomic E-state index is 12.4. The molecule has 1 spiro atoms. The number of anilines is 1. The number of aryl methyl sites for hydroxylation is 1. The Balaban J connectivity index is 1.54. The first-order valence-corrected chi connectivity index (χ1v) is 9.78. The lowest BCUT2D eigenvalue weighted by atomic mass is 9.87. The van der Waals surface area contributed by atoms with Crippen LogP contribution < -0.4 is 11.1 Å². The van der Waals surface area contributed by atoms with E-state index < -0.39 is 11.7 Å². The maximum atomic E-state index is 12.4. The second-order valence-corrected chi connectivity index (χ2v) is 7.90. The van der Waals surface area contributed by atoms with Crippen LogP contribution in [0.25, 0.3) is 0 Å². The van der Waals surface area contributed by atoms with E-state index >= 15 is 0 Å². The van der Waals surface area contributed by atoms with Gasteiger partial charge in [-0.15, -0.1) is 0 Å². The average molecular weight is 505 g/mol. The molecule has 11 heteroatoms. The first-order valence-electron chi connectivity index (χ1n) is 8.19. The highest BCUT2D eigenvalue weighted by molar-refractivity contribution is 9.12. The molecule has 0 aromatic carbocycles. The summed E-state index contributed by atoms with van der Waals surface area (Å²) >= 11 is 6.71. The number of nitrogens with one attached hydrogen (secondary N) is 2. The van der Waals surface area contributed by atoms with E-state index in [2.05, 4.69) is 52.3 Å². The van der Waals surface area contributed by atoms with Gasteiger partial charge in [0.05, 0.1) is 22.3 Å². The molecule has 2 heterocycles. The fraction of sp³-hybridized carbons (Fsp3) is 0.438. The normalized spacial score (nSPS) is 24.5. The zero-order chi connectivity index (χ0) is 19.6. The van der Waals surface area contributed by atoms with E-state index in [0.29, 0.717) is 40.1 Å². The number of methoxy groups -OCH3 is 1. The van der Waals surface area contributed by atoms with E-state index in [4.69, 9.17) is 15.3 Å². The fourth-order valence-corrected chi connectivity index (χ4v) is 4.70. The molecule has 0 saturated heterocycles. The molecule has 146 valence electrons. The standard InChI is InChI=1S/C16H19Br2N5O4/c1-26-12-9(17)5-16(13(24)11(12)18)6-10(23-27-16)14(25)20-4-2-3-8-7-21-15(19)22-8/h5,7,13,24H,2-4,6H2,1H3,(H,20,25)(H3,19,21,22)/t13-,16+/m0/s1. The molecule has 1 aromatic heterocycles. The van der Waals surface area contributed by atoms with E-state index in [0.717, 1.165) is 5.69 Å². The van der Waals surface area contributed by atoms with Gasteiger partial charge in [-0.25, -0.2) is 4.98 Å². The lowest BCUT2D eigenvalue weighted by Gasteiger charge is -2.33. The number of H-pyrrole nitrogens is 1. The number of amides is 1. The zero-order valence-corrected chi connectivity index (χ0v) is 17.6. The summed E-state index contributed by atoms with van der Waals surface area (Å²) in [6.07, 6.45) is 3.85. The summed E-state index contributed by atoms with van der Waals surface area (Å²) in [6.45, 7) is 0.462. The predicted molar refractivity (Wildman–Crippen MR) is 106 cm³/mol. The van der Waals surface area contributed by atoms with Crippen LogP contribution >= 0.6 is 31.9 Å². The molecule has 0 radical (unpaired) electrons. The number of hydrogen-bond acceptors (Lipinski definition) is 7. The summed E-state index contributed by atoms with van der Waals surface area (Å²) in [4.78, 5) is 24.7. The molecular formula is C16H19Br2N5O4. The van der Waals surface area contributed by atoms with Crippen molar-refractivity contribution in [2.24, 2.45) is 5.16 Å². The number of ether oxygens (including phenoxy) is 1. The highest BCUT2D eigenvalue weighted by Gasteiger charge is 2.50. The van der Waals surface area contributed by atoms with Crippen LogP contribution in [-0.4, -0.2) is 52.1 Å². The number of carbonyl (C=O) groups is 1. The summed E-state index contributed by atoms with van der Waals surface area (Å²) in [7, 11) is 1.50. The SMILES string of the molecule is COC1=C(Br)[C@H](O)[C@@]2(C=C1Br)CC(C(=O)NCCCc1cnc(N)[nH]1)=NO2. The van der Waals surface area contributed by atoms with E-state index in [1.807, 2.05) is 0 Å². The molecule has 0 saturated carbocycles. The fourth-order valence-electron chi connectivity index (χ4n) is 2.91. The predicted octanol–water partition coefficient (Wildman–Crippen LogP) is 1.46. The highest BCUT2D eigenvalue weighted by atomic mass is 79.9. The van der Waals surface area contributed by atoms with Gasteiger partial charge in [0.25, 0.3) is 5.91 Å². The number of aliphatic hydroxyl groups excluding tert-OH is 1. The van der Waals surface area contributed by atoms with Gasteiger partial charge in [0.15, 0.2) is 11.5 Å². The molecular weight excluding hydrogens is 486 g/mol. The van der Waals surface area contributed by atoms with Crippen molar-refractivity contribution in [1.82, 2.24) is 15.3 Å². The molecule has 0 bridgehead atoms. The third-order valence-electron chi connectivity index (χ3n) is 4.30. The number of hydrogen-bond donors (Lipinski definition) is 4. The van der Waals surface area contributed by atoms with Crippen LogP contribution in [0.3, 0.4) is 0 Å². The summed E-state index contributed by atoms with van der Waals surface area (Å²) in [6, 6.07) is 0. The van der Waals surface area contributed by atoms with Gasteiger partial charge in [0, 0.05) is 18.7 Å². The monoisotopic (exact) mass is 503 g/mol. The van der Waals surface area contributed by atoms with Crippen LogP contribution in [0, 0.1) is 0 Å². The van der Waals surface area contributed by atoms with Gasteiger partial charge >= 0.3 is 0 Å². The first-order chi connectivity index (χ1) is 12.9. The number of rotatable bonds is 6. The minimum atomic E-state index is -1.15. The number of aromatic amines is 1. The minimum absolute atomic E-state index is 0.137. The van der Waals surface area contributed by atoms with Gasteiger partial charge in [-0.1, -0.05) is 5.16 Å². The van der Waals surface area contributed by atoms with Crippen molar-refractivity contribution >= 4 is 49.4 Å². The molecule has 1 aliphatic carbocycles. The van der Waals surface area contributed by atoms with Crippen molar-refractivity contribution in [3.05, 3.63) is 32.7 Å². The number of imidazole rings is 1. The van der Waals surface area contributed by atoms with Gasteiger partial charge in [-0.2, -0.15) is 0 Å². The van der Waals surface area contributed by atoms with Crippen molar-refractivity contribution in [3.63, 3.8) is 0 Å². The van der Waals surface area contributed by atoms with Crippen molar-refractivity contribution in [2.45, 2.75) is 31.0 Å². The smallest absolute Gasteiger partial charge is 0.269 e. The number of nitrogen functional groups attached to an aromatic ring is 1. The summed E-state index contributed by atoms with van der Waals surface area (Å²) < 4.78 is 6.27. The van der Waals surface area contributed by atoms with Gasteiger partial charge in [0.2, 0.25) is 0 Å². The first kappa shape index (κ1) is 19.9. The maximum Gasteiger partial charge on any atom is 0.269 e. The van der Waals surface area contributed by atoms with Gasteiger partial charge in [-0.3, -0.25) is 4.79 Å². The Bertz CT molecular complexity index is 835. The highest BCUT2D eigenvalue weighted by Crippen LogP contribution is 2.43. The number of halogens is 2. The Morgan fingerprint density at radius 2 is 2.37 bits per heavy atom. The Morgan fingerprint density at radius 1 is 1.59 bits per heavy atom. The molecule has 0 fully saturated rings. The second-order valence-electron chi connectivity index (χ2n) is 6.19. The molecule has 1 aromatic rings. The number of allylic oxidation sites excluding steroid dienone is 1. The summed E-state index contributed by atoms with van der Waals surface area (Å²) in [5, 5.41) is 17.3. The van der Waals surface area contributed by atoms with Gasteiger partial charge in [0.1, 0.15) is 17.6 Å². The summed E-state index contributed by atoms with van der Waals surface area (Å²) in [5.74, 6) is 0.512. The second kappa shape index (κ2) is 8.03. The molecule has 1 aliphatic heterocycles. The molecule has 9 nitrogen and oxygen atoms in total. The molecule has 0 unspecified atom stereocenters. The Kier molecular flexibility index (Phi) is 5.92. The van der Waals surface area contributed by atoms with E-state index in [-0.39, 0.29) is 18.0 Å². The topological polar surface area (TPSA) is 135 Å². The lowest BCUT2D eigenvalue weighted by molar-refractivity contribution is -0.114. The number of oxime groups is 1. The number of carbonyl (C=O) groups excluding carboxylic acids is 1. The van der Waals surface area contributed by atoms with Crippen molar-refractivity contribution in [2.75, 3.05) is 19.4 Å². The lowest BCUT2D eigenvalue weighted by Crippen LogP contribution is -2.45. The number of nitrogens with zero attached hydrogens (tertiary/aromatic N) is 2. The average Bonchev–Trinajstić information content (AvgIpc) is 3.24. The van der Waals surface area contributed by atoms with Crippen LogP contribution in [0.2, 0.25) is 0 Å². The number of aromatic nitrogens is 2. The van der Waals surface area contributed by atoms with Crippen LogP contribution in [0.15, 0.2) is 32.2 Å². The Hall–Kier alpha value is -1.85. The van der Waals surface area contributed by atoms with Crippen molar-refractivity contribution in [1.29, 1.82) is 0 Å². The van der Waals surface area contributed by atoms with Crippen molar-refractivity contribution in [3.8, 4) is 0 Å². The quantitative estimate of drug-likeness (QED) is 0.433. The minimum Gasteiger partial charge on any atom is -0.495 e. The largest absolute Gasteiger partial charge is 0.495 e. The number of aliphatic hydroxyl groups is 1. The van der Waals surface area contributed by atoms with E-state index in [9.17, 15) is 9.90 Å². The zero-order valence-electron chi connectivity index (χ0n) is 14.5. The molecule has 27 heavy (non-hydrogen) atoms. The summed E-state index contributed by atoms with van der Waals surface area (Å²) in [5.41, 5.74) is 5.50. The van der Waals surface area contributed by atoms with E-state index in [1.165, 1.54) is 7.11 Å². The number of nitrogens with two attached hydrogens (primary N) is 1. The Labute approximate surface area is 172 Å². The third kappa shape index (κ3) is 4.04. The molecule has 1 amide bonds. The molecule has 2 aliphatic rings. The van der Waals surface area contributed by atoms with Gasteiger partial charge < -0.3 is 30.7 Å². The van der Waals surface area contributed by atoms with Crippen LogP contribution in [0.5, 0.6) is 0 Å². The van der Waals surface area contributed by atoms with Gasteiger partial charge in [-0.05, 0) is 50.8 Å². The Morgan fingerprint density at radius 3 is 3.04 bits per heavy atom. The molecule has 2 atom stereocenters. The van der Waals surface area contributed by atoms with E-state index in [1.54, 1.807) is 12.3 Å². The molecule has 5 N–H and O–H groups in total. The van der Waals surface area contributed by atoms with Crippen LogP contribution in [0.4, 0.5) is 5.95 Å². The third-order valence-corrected chi connectivity index (χ3v) is 5.68. The van der Waals surface area contributed by atoms with Crippen LogP contribution in [-0.2, 0) is 20.8 Å². The van der Waals surface area contributed by atoms with Crippen LogP contribution in [0.1, 0.15) is 18.5 Å².